The van der Waals surface area contributed by atoms with E-state index in [0.29, 0.717) is 0 Å². The number of carbonyl (C=O) groups excluding carboxylic acids is 1. The van der Waals surface area contributed by atoms with Gasteiger partial charge < -0.3 is 5.11 Å². The minimum atomic E-state index is -0.125. The second-order valence-corrected chi connectivity index (χ2v) is 9.69. The summed E-state index contributed by atoms with van der Waals surface area (Å²) in [6, 6.07) is 41.6. The van der Waals surface area contributed by atoms with Gasteiger partial charge in [0.15, 0.2) is 5.78 Å². The van der Waals surface area contributed by atoms with E-state index in [1.54, 1.807) is 0 Å². The Morgan fingerprint density at radius 3 is 1.32 bits per heavy atom. The van der Waals surface area contributed by atoms with Crippen LogP contribution in [-0.2, 0) is 50.6 Å². The minimum absolute atomic E-state index is 0. The maximum Gasteiger partial charge on any atom is 0.155 e. The van der Waals surface area contributed by atoms with E-state index in [1.807, 2.05) is 118 Å². The molecular weight excluding hydrogens is 791 g/mol. The summed E-state index contributed by atoms with van der Waals surface area (Å²) in [6.07, 6.45) is 5.78. The van der Waals surface area contributed by atoms with Crippen molar-refractivity contribution in [2.24, 2.45) is 0 Å². The van der Waals surface area contributed by atoms with E-state index >= 15 is 0 Å². The fourth-order valence-corrected chi connectivity index (χ4v) is 4.39. The Labute approximate surface area is 319 Å². The van der Waals surface area contributed by atoms with Gasteiger partial charge in [0.2, 0.25) is 0 Å². The van der Waals surface area contributed by atoms with Gasteiger partial charge in [-0.25, -0.2) is 0 Å². The third kappa shape index (κ3) is 21.3. The van der Waals surface area contributed by atoms with E-state index < -0.39 is 0 Å². The molecule has 0 amide bonds. The van der Waals surface area contributed by atoms with Gasteiger partial charge >= 0.3 is 0 Å². The average molecular weight is 855 g/mol. The minimum Gasteiger partial charge on any atom is -0.512 e. The number of hydrogen-bond donors (Lipinski definition) is 1. The first-order chi connectivity index (χ1) is 24.0. The van der Waals surface area contributed by atoms with Gasteiger partial charge in [0.25, 0.3) is 0 Å². The van der Waals surface area contributed by atoms with Crippen molar-refractivity contribution in [1.29, 1.82) is 0 Å². The number of ketones is 1. The number of allylic oxidation sites excluding steroid dienone is 2. The van der Waals surface area contributed by atoms with Crippen molar-refractivity contribution in [3.8, 4) is 11.3 Å². The molecular formula is C46H64IrNO2-. The van der Waals surface area contributed by atoms with E-state index in [0.717, 1.165) is 42.5 Å². The average Bonchev–Trinajstić information content (AvgIpc) is 3.17. The van der Waals surface area contributed by atoms with E-state index in [2.05, 4.69) is 71.7 Å². The molecule has 0 saturated carbocycles. The Kier molecular flexibility index (Phi) is 34.0. The fraction of sp³-hybridized carbons (Fsp3) is 0.348. The van der Waals surface area contributed by atoms with E-state index in [1.165, 1.54) is 47.6 Å². The topological polar surface area (TPSA) is 50.2 Å². The molecule has 0 aliphatic heterocycles. The zero-order valence-corrected chi connectivity index (χ0v) is 35.3. The molecule has 4 heteroatoms. The first-order valence-corrected chi connectivity index (χ1v) is 18.3. The second kappa shape index (κ2) is 33.6. The number of aromatic nitrogens is 1. The van der Waals surface area contributed by atoms with E-state index in [-0.39, 0.29) is 31.6 Å². The molecule has 4 aliphatic carbocycles. The van der Waals surface area contributed by atoms with Crippen LogP contribution >= 0.6 is 0 Å². The van der Waals surface area contributed by atoms with Crippen LogP contribution in [0.2, 0.25) is 0 Å². The Hall–Kier alpha value is -3.85. The van der Waals surface area contributed by atoms with Crippen molar-refractivity contribution < 1.29 is 30.0 Å². The molecule has 0 unspecified atom stereocenters. The molecule has 5 aromatic rings. The molecule has 4 aromatic carbocycles. The van der Waals surface area contributed by atoms with Crippen LogP contribution in [-0.4, -0.2) is 15.9 Å². The van der Waals surface area contributed by atoms with Gasteiger partial charge in [-0.2, -0.15) is 0 Å². The largest absolute Gasteiger partial charge is 0.512 e. The number of aryl methyl sites for hydroxylation is 4. The smallest absolute Gasteiger partial charge is 0.155 e. The first-order valence-electron chi connectivity index (χ1n) is 18.3. The Morgan fingerprint density at radius 2 is 0.980 bits per heavy atom. The number of benzene rings is 4. The molecule has 50 heavy (non-hydrogen) atoms. The standard InChI is InChI=1S/C16H16.C15H10N.C5H8O2.5C2H6.Ir/c1-2-14-4-3-13(1)9-10-15-5-7-16(8-6-15)12-11-14;1-2-6-12(7-3-1)15-11-10-13-8-4-5-9-14(13)16-15;1-4(6)3-5(2)7;5*1-2;/h1-8H,9-12H2;1-6,8-11H;3,6H,1-2H3;5*1-2H3;/q;-1;;;;;;;. The van der Waals surface area contributed by atoms with Gasteiger partial charge in [-0.05, 0) is 78.9 Å². The molecule has 0 atom stereocenters. The van der Waals surface area contributed by atoms with Crippen LogP contribution < -0.4 is 0 Å². The SMILES string of the molecule is CC.CC.CC.CC.CC.CC(=O)C=C(C)O.[Ir].[c-]1ccccc1-c1ccc2ccccc2n1.c1cc2ccc1CCc1ccc(cc1)CC2. The molecule has 4 bridgehead atoms. The Bertz CT molecular complexity index is 1430. The van der Waals surface area contributed by atoms with Crippen molar-refractivity contribution in [3.05, 3.63) is 149 Å². The summed E-state index contributed by atoms with van der Waals surface area (Å²) in [7, 11) is 0. The normalized spacial score (nSPS) is 10.2. The number of aliphatic hydroxyl groups is 1. The number of hydrogen-bond acceptors (Lipinski definition) is 3. The summed E-state index contributed by atoms with van der Waals surface area (Å²) in [5, 5.41) is 9.53. The first kappa shape index (κ1) is 50.5. The fourth-order valence-electron chi connectivity index (χ4n) is 4.39. The second-order valence-electron chi connectivity index (χ2n) is 9.69. The van der Waals surface area contributed by atoms with Crippen LogP contribution in [0.5, 0.6) is 0 Å². The van der Waals surface area contributed by atoms with Gasteiger partial charge in [0.1, 0.15) is 0 Å². The Balaban J connectivity index is -0.000000612. The molecule has 3 nitrogen and oxygen atoms in total. The summed E-state index contributed by atoms with van der Waals surface area (Å²) in [5.41, 5.74) is 8.84. The van der Waals surface area contributed by atoms with Crippen molar-refractivity contribution in [2.75, 3.05) is 0 Å². The predicted molar refractivity (Wildman–Crippen MR) is 218 cm³/mol. The van der Waals surface area contributed by atoms with Crippen LogP contribution in [0.3, 0.4) is 0 Å². The quantitative estimate of drug-likeness (QED) is 0.109. The molecule has 275 valence electrons. The van der Waals surface area contributed by atoms with Crippen LogP contribution in [0.25, 0.3) is 22.2 Å². The number of fused-ring (bicyclic) bond motifs is 1. The summed E-state index contributed by atoms with van der Waals surface area (Å²) in [5.74, 6) is -0.0625. The summed E-state index contributed by atoms with van der Waals surface area (Å²) < 4.78 is 0. The number of rotatable bonds is 2. The maximum absolute atomic E-state index is 10.0. The third-order valence-corrected chi connectivity index (χ3v) is 6.45. The van der Waals surface area contributed by atoms with E-state index in [4.69, 9.17) is 5.11 Å². The number of carbonyl (C=O) groups is 1. The van der Waals surface area contributed by atoms with Gasteiger partial charge in [-0.3, -0.25) is 9.78 Å². The molecule has 9 rings (SSSR count). The number of para-hydroxylation sites is 1. The van der Waals surface area contributed by atoms with Crippen molar-refractivity contribution in [1.82, 2.24) is 4.98 Å². The predicted octanol–water partition coefficient (Wildman–Crippen LogP) is 13.4. The summed E-state index contributed by atoms with van der Waals surface area (Å²) >= 11 is 0. The monoisotopic (exact) mass is 855 g/mol. The molecule has 0 spiro atoms. The van der Waals surface area contributed by atoms with E-state index in [9.17, 15) is 4.79 Å². The van der Waals surface area contributed by atoms with Crippen LogP contribution in [0, 0.1) is 6.07 Å². The number of pyridine rings is 1. The number of nitrogens with zero attached hydrogens (tertiary/aromatic N) is 1. The van der Waals surface area contributed by atoms with Gasteiger partial charge in [0.05, 0.1) is 11.3 Å². The maximum atomic E-state index is 10.0. The molecule has 1 heterocycles. The molecule has 1 aromatic heterocycles. The van der Waals surface area contributed by atoms with Gasteiger partial charge in [-0.15, -0.1) is 35.9 Å². The zero-order chi connectivity index (χ0) is 37.5. The van der Waals surface area contributed by atoms with Crippen molar-refractivity contribution >= 4 is 16.7 Å². The van der Waals surface area contributed by atoms with Crippen LogP contribution in [0.4, 0.5) is 0 Å². The van der Waals surface area contributed by atoms with Gasteiger partial charge in [0, 0.05) is 26.2 Å². The number of aliphatic hydroxyl groups excluding tert-OH is 1. The van der Waals surface area contributed by atoms with Crippen LogP contribution in [0.1, 0.15) is 105 Å². The molecule has 0 saturated heterocycles. The van der Waals surface area contributed by atoms with Crippen LogP contribution in [0.15, 0.2) is 121 Å². The molecule has 4 aliphatic rings. The molecule has 1 N–H and O–H groups in total. The van der Waals surface area contributed by atoms with Crippen molar-refractivity contribution in [2.45, 2.75) is 109 Å². The Morgan fingerprint density at radius 1 is 0.580 bits per heavy atom. The van der Waals surface area contributed by atoms with Gasteiger partial charge in [-0.1, -0.05) is 148 Å². The molecule has 1 radical (unpaired) electrons. The molecule has 0 fully saturated rings. The third-order valence-electron chi connectivity index (χ3n) is 6.45. The summed E-state index contributed by atoms with van der Waals surface area (Å²) in [6.45, 7) is 22.8. The van der Waals surface area contributed by atoms with Crippen molar-refractivity contribution in [3.63, 3.8) is 0 Å². The zero-order valence-electron chi connectivity index (χ0n) is 32.9. The summed E-state index contributed by atoms with van der Waals surface area (Å²) in [4.78, 5) is 14.6.